The first-order valence-corrected chi connectivity index (χ1v) is 19.0. The lowest BCUT2D eigenvalue weighted by molar-refractivity contribution is 0.0982. The summed E-state index contributed by atoms with van der Waals surface area (Å²) in [6.45, 7) is 0. The molecule has 0 aliphatic heterocycles. The normalized spacial score (nSPS) is 11.0. The van der Waals surface area contributed by atoms with Gasteiger partial charge in [0.1, 0.15) is 0 Å². The molecule has 13 nitrogen and oxygen atoms in total. The van der Waals surface area contributed by atoms with Crippen LogP contribution in [-0.4, -0.2) is 34.6 Å². The maximum Gasteiger partial charge on any atom is 0.272 e. The Morgan fingerprint density at radius 3 is 1.28 bits per heavy atom. The molecule has 13 heteroatoms. The SMILES string of the molecule is NN(C(=O)c1ccccc1)c1cccc(NC(=O)c2cc(C(=O)Nc3cccc(NC(=O)c4ccccc4)c3)cc(C(=O)Nc3cccc(NC(O)c4ccccc4)c3)c2)c1. The molecule has 0 aliphatic carbocycles. The van der Waals surface area contributed by atoms with E-state index in [4.69, 9.17) is 5.84 Å². The molecule has 0 saturated heterocycles. The van der Waals surface area contributed by atoms with Crippen molar-refractivity contribution in [3.63, 3.8) is 0 Å². The number of nitrogens with zero attached hydrogens (tertiary/aromatic N) is 1. The van der Waals surface area contributed by atoms with Gasteiger partial charge in [-0.2, -0.15) is 0 Å². The van der Waals surface area contributed by atoms with Crippen molar-refractivity contribution >= 4 is 63.7 Å². The average Bonchev–Trinajstić information content (AvgIpc) is 3.29. The maximum absolute atomic E-state index is 13.9. The molecule has 0 bridgehead atoms. The predicted octanol–water partition coefficient (Wildman–Crippen LogP) is 8.32. The summed E-state index contributed by atoms with van der Waals surface area (Å²) in [4.78, 5) is 67.4. The van der Waals surface area contributed by atoms with Crippen LogP contribution in [0.25, 0.3) is 0 Å². The molecular weight excluding hydrogens is 771 g/mol. The Morgan fingerprint density at radius 1 is 0.410 bits per heavy atom. The summed E-state index contributed by atoms with van der Waals surface area (Å²) in [7, 11) is 0. The van der Waals surface area contributed by atoms with Gasteiger partial charge in [0, 0.05) is 61.8 Å². The molecule has 7 rings (SSSR count). The molecule has 0 spiro atoms. The van der Waals surface area contributed by atoms with Gasteiger partial charge in [-0.25, -0.2) is 10.9 Å². The Hall–Kier alpha value is -8.39. The van der Waals surface area contributed by atoms with E-state index in [-0.39, 0.29) is 28.3 Å². The first-order valence-electron chi connectivity index (χ1n) is 19.0. The van der Waals surface area contributed by atoms with Crippen LogP contribution in [0.15, 0.2) is 182 Å². The molecule has 302 valence electrons. The number of hydrogen-bond donors (Lipinski definition) is 7. The van der Waals surface area contributed by atoms with Gasteiger partial charge in [-0.3, -0.25) is 24.0 Å². The van der Waals surface area contributed by atoms with Crippen molar-refractivity contribution in [2.75, 3.05) is 31.6 Å². The Bertz CT molecular complexity index is 2710. The number of aliphatic hydroxyl groups excluding tert-OH is 1. The van der Waals surface area contributed by atoms with Crippen molar-refractivity contribution in [3.8, 4) is 0 Å². The monoisotopic (exact) mass is 809 g/mol. The van der Waals surface area contributed by atoms with E-state index in [1.54, 1.807) is 140 Å². The fourth-order valence-electron chi connectivity index (χ4n) is 6.23. The Morgan fingerprint density at radius 2 is 0.787 bits per heavy atom. The molecule has 5 amide bonds. The number of anilines is 6. The van der Waals surface area contributed by atoms with Crippen LogP contribution < -0.4 is 37.4 Å². The number of hydrazine groups is 1. The van der Waals surface area contributed by atoms with Gasteiger partial charge in [-0.05, 0) is 97.1 Å². The van der Waals surface area contributed by atoms with Gasteiger partial charge in [0.05, 0.1) is 5.69 Å². The molecule has 0 saturated carbocycles. The van der Waals surface area contributed by atoms with Crippen LogP contribution in [0, 0.1) is 0 Å². The lowest BCUT2D eigenvalue weighted by Crippen LogP contribution is -2.37. The van der Waals surface area contributed by atoms with Gasteiger partial charge in [-0.15, -0.1) is 0 Å². The van der Waals surface area contributed by atoms with E-state index in [9.17, 15) is 29.1 Å². The first kappa shape index (κ1) is 40.8. The molecule has 0 aromatic heterocycles. The number of aliphatic hydroxyl groups is 1. The van der Waals surface area contributed by atoms with E-state index in [1.807, 2.05) is 18.2 Å². The third kappa shape index (κ3) is 10.6. The highest BCUT2D eigenvalue weighted by Gasteiger charge is 2.20. The summed E-state index contributed by atoms with van der Waals surface area (Å²) >= 11 is 0. The van der Waals surface area contributed by atoms with E-state index in [2.05, 4.69) is 26.6 Å². The number of carbonyl (C=O) groups is 5. The third-order valence-electron chi connectivity index (χ3n) is 9.29. The summed E-state index contributed by atoms with van der Waals surface area (Å²) in [5.41, 5.74) is 3.66. The molecule has 1 unspecified atom stereocenters. The van der Waals surface area contributed by atoms with Crippen molar-refractivity contribution in [1.29, 1.82) is 0 Å². The van der Waals surface area contributed by atoms with Gasteiger partial charge in [0.15, 0.2) is 6.23 Å². The molecule has 0 fully saturated rings. The summed E-state index contributed by atoms with van der Waals surface area (Å²) in [5, 5.41) is 25.8. The second-order valence-electron chi connectivity index (χ2n) is 13.7. The molecule has 0 heterocycles. The van der Waals surface area contributed by atoms with Crippen molar-refractivity contribution < 1.29 is 29.1 Å². The fourth-order valence-corrected chi connectivity index (χ4v) is 6.23. The van der Waals surface area contributed by atoms with Gasteiger partial charge in [-0.1, -0.05) is 84.9 Å². The average molecular weight is 810 g/mol. The molecule has 0 aliphatic rings. The van der Waals surface area contributed by atoms with Crippen LogP contribution >= 0.6 is 0 Å². The summed E-state index contributed by atoms with van der Waals surface area (Å²) in [5.74, 6) is 3.45. The number of benzene rings is 7. The van der Waals surface area contributed by atoms with Crippen LogP contribution in [0.1, 0.15) is 63.6 Å². The van der Waals surface area contributed by atoms with E-state index in [1.165, 1.54) is 24.3 Å². The van der Waals surface area contributed by atoms with Crippen molar-refractivity contribution in [3.05, 3.63) is 215 Å². The zero-order valence-corrected chi connectivity index (χ0v) is 32.4. The molecule has 0 radical (unpaired) electrons. The zero-order valence-electron chi connectivity index (χ0n) is 32.4. The number of hydrogen-bond acceptors (Lipinski definition) is 8. The topological polar surface area (TPSA) is 195 Å². The van der Waals surface area contributed by atoms with E-state index in [0.717, 1.165) is 5.01 Å². The highest BCUT2D eigenvalue weighted by Crippen LogP contribution is 2.24. The first-order chi connectivity index (χ1) is 29.6. The molecule has 7 aromatic rings. The standard InChI is InChI=1S/C48H39N7O6/c49-55(48(61)33-17-8-3-9-18-33)42-24-12-23-41(30-42)54-47(60)36-26-34(45(58)52-39-21-10-19-37(28-39)50-43(56)31-13-4-1-5-14-31)25-35(27-36)46(59)53-40-22-11-20-38(29-40)51-44(57)32-15-6-2-7-16-32/h1-30,43,50,56H,49H2,(H,51,57)(H,52,58)(H,53,59)(H,54,60). The van der Waals surface area contributed by atoms with Crippen LogP contribution in [0.3, 0.4) is 0 Å². The summed E-state index contributed by atoms with van der Waals surface area (Å²) < 4.78 is 0. The Kier molecular flexibility index (Phi) is 12.6. The van der Waals surface area contributed by atoms with Gasteiger partial charge in [0.2, 0.25) is 0 Å². The highest BCUT2D eigenvalue weighted by molar-refractivity contribution is 6.13. The van der Waals surface area contributed by atoms with Gasteiger partial charge >= 0.3 is 0 Å². The zero-order chi connectivity index (χ0) is 42.7. The number of rotatable bonds is 13. The number of nitrogens with two attached hydrogens (primary N) is 1. The minimum absolute atomic E-state index is 0.0142. The Balaban J connectivity index is 1.13. The maximum atomic E-state index is 13.9. The third-order valence-corrected chi connectivity index (χ3v) is 9.29. The van der Waals surface area contributed by atoms with E-state index < -0.39 is 29.9 Å². The van der Waals surface area contributed by atoms with E-state index in [0.29, 0.717) is 45.1 Å². The summed E-state index contributed by atoms with van der Waals surface area (Å²) in [6.07, 6.45) is -1.01. The van der Waals surface area contributed by atoms with Crippen LogP contribution in [0.2, 0.25) is 0 Å². The molecule has 61 heavy (non-hydrogen) atoms. The van der Waals surface area contributed by atoms with Gasteiger partial charge in [0.25, 0.3) is 29.5 Å². The number of nitrogens with one attached hydrogen (secondary N) is 5. The van der Waals surface area contributed by atoms with Crippen molar-refractivity contribution in [1.82, 2.24) is 0 Å². The largest absolute Gasteiger partial charge is 0.369 e. The fraction of sp³-hybridized carbons (Fsp3) is 0.0208. The van der Waals surface area contributed by atoms with Crippen molar-refractivity contribution in [2.24, 2.45) is 5.84 Å². The second kappa shape index (κ2) is 18.9. The second-order valence-corrected chi connectivity index (χ2v) is 13.7. The highest BCUT2D eigenvalue weighted by atomic mass is 16.3. The number of amides is 5. The van der Waals surface area contributed by atoms with Crippen LogP contribution in [-0.2, 0) is 0 Å². The lowest BCUT2D eigenvalue weighted by atomic mass is 10.0. The van der Waals surface area contributed by atoms with E-state index >= 15 is 0 Å². The van der Waals surface area contributed by atoms with Crippen LogP contribution in [0.5, 0.6) is 0 Å². The molecule has 8 N–H and O–H groups in total. The smallest absolute Gasteiger partial charge is 0.272 e. The molecular formula is C48H39N7O6. The predicted molar refractivity (Wildman–Crippen MR) is 236 cm³/mol. The van der Waals surface area contributed by atoms with Crippen molar-refractivity contribution in [2.45, 2.75) is 6.23 Å². The summed E-state index contributed by atoms with van der Waals surface area (Å²) in [6, 6.07) is 49.8. The minimum Gasteiger partial charge on any atom is -0.369 e. The van der Waals surface area contributed by atoms with Gasteiger partial charge < -0.3 is 31.7 Å². The van der Waals surface area contributed by atoms with Crippen LogP contribution in [0.4, 0.5) is 34.1 Å². The number of carbonyl (C=O) groups excluding carboxylic acids is 5. The molecule has 1 atom stereocenters. The quantitative estimate of drug-likeness (QED) is 0.0261. The Labute approximate surface area is 350 Å². The minimum atomic E-state index is -1.01. The lowest BCUT2D eigenvalue weighted by Gasteiger charge is -2.18. The molecule has 7 aromatic carbocycles.